The van der Waals surface area contributed by atoms with E-state index in [0.29, 0.717) is 45.3 Å². The molecule has 1 atom stereocenters. The summed E-state index contributed by atoms with van der Waals surface area (Å²) in [4.78, 5) is 59.4. The van der Waals surface area contributed by atoms with E-state index in [0.717, 1.165) is 37.6 Å². The van der Waals surface area contributed by atoms with Crippen molar-refractivity contribution in [2.75, 3.05) is 50.7 Å². The van der Waals surface area contributed by atoms with Crippen LogP contribution >= 0.6 is 0 Å². The van der Waals surface area contributed by atoms with Crippen LogP contribution in [0.5, 0.6) is 0 Å². The van der Waals surface area contributed by atoms with Crippen LogP contribution < -0.4 is 10.2 Å². The predicted molar refractivity (Wildman–Crippen MR) is 133 cm³/mol. The first-order valence-corrected chi connectivity index (χ1v) is 12.9. The fraction of sp³-hybridized carbons (Fsp3) is 0.654. The molecular weight excluding hydrogens is 462 g/mol. The average molecular weight is 500 g/mol. The zero-order valence-electron chi connectivity index (χ0n) is 21.5. The van der Waals surface area contributed by atoms with Crippen LogP contribution in [0.3, 0.4) is 0 Å². The molecule has 1 N–H and O–H groups in total. The number of rotatable bonds is 5. The van der Waals surface area contributed by atoms with Gasteiger partial charge in [0, 0.05) is 51.9 Å². The lowest BCUT2D eigenvalue weighted by Gasteiger charge is -2.37. The largest absolute Gasteiger partial charge is 0.460 e. The van der Waals surface area contributed by atoms with Gasteiger partial charge in [0.15, 0.2) is 0 Å². The number of anilines is 1. The summed E-state index contributed by atoms with van der Waals surface area (Å²) in [6, 6.07) is 3.84. The number of nitrogens with zero attached hydrogens (tertiary/aromatic N) is 4. The molecule has 196 valence electrons. The smallest absolute Gasteiger partial charge is 0.309 e. The number of amides is 3. The molecule has 3 amide bonds. The van der Waals surface area contributed by atoms with Gasteiger partial charge in [-0.15, -0.1) is 0 Å². The highest BCUT2D eigenvalue weighted by atomic mass is 16.6. The molecule has 1 aromatic heterocycles. The maximum Gasteiger partial charge on any atom is 0.309 e. The summed E-state index contributed by atoms with van der Waals surface area (Å²) in [7, 11) is 0. The Kier molecular flexibility index (Phi) is 7.92. The molecule has 3 aliphatic heterocycles. The maximum atomic E-state index is 12.8. The molecule has 4 rings (SSSR count). The molecule has 0 spiro atoms. The van der Waals surface area contributed by atoms with E-state index in [-0.39, 0.29) is 35.5 Å². The lowest BCUT2D eigenvalue weighted by atomic mass is 9.92. The van der Waals surface area contributed by atoms with Crippen LogP contribution in [0, 0.1) is 5.92 Å². The number of esters is 1. The van der Waals surface area contributed by atoms with Gasteiger partial charge in [0.25, 0.3) is 0 Å². The fourth-order valence-electron chi connectivity index (χ4n) is 4.98. The number of nitrogens with one attached hydrogen (secondary N) is 1. The Bertz CT molecular complexity index is 973. The highest BCUT2D eigenvalue weighted by Crippen LogP contribution is 2.26. The Hall–Kier alpha value is -3.01. The van der Waals surface area contributed by atoms with E-state index in [4.69, 9.17) is 4.74 Å². The molecule has 10 nitrogen and oxygen atoms in total. The number of hydrogen-bond acceptors (Lipinski definition) is 8. The minimum absolute atomic E-state index is 0.109. The first-order valence-electron chi connectivity index (χ1n) is 12.9. The zero-order valence-corrected chi connectivity index (χ0v) is 21.5. The molecule has 0 aliphatic carbocycles. The van der Waals surface area contributed by atoms with Crippen molar-refractivity contribution in [2.24, 2.45) is 5.92 Å². The quantitative estimate of drug-likeness (QED) is 0.477. The minimum atomic E-state index is -0.489. The molecule has 1 aromatic rings. The Morgan fingerprint density at radius 2 is 1.72 bits per heavy atom. The van der Waals surface area contributed by atoms with Gasteiger partial charge < -0.3 is 14.5 Å². The third-order valence-corrected chi connectivity index (χ3v) is 7.06. The van der Waals surface area contributed by atoms with Crippen LogP contribution in [0.4, 0.5) is 5.82 Å². The molecule has 10 heteroatoms. The van der Waals surface area contributed by atoms with Gasteiger partial charge in [0.2, 0.25) is 17.7 Å². The SMILES string of the molecule is CC(C)(C)OC(=O)C1CCN(C(=O)CN2CCN(c3ccc(C4CCC(=O)NC4=O)cn3)CC2)CC1. The molecule has 3 aliphatic rings. The minimum Gasteiger partial charge on any atom is -0.460 e. The molecule has 0 bridgehead atoms. The highest BCUT2D eigenvalue weighted by molar-refractivity contribution is 6.00. The van der Waals surface area contributed by atoms with E-state index < -0.39 is 5.60 Å². The molecule has 3 saturated heterocycles. The van der Waals surface area contributed by atoms with Gasteiger partial charge in [-0.2, -0.15) is 0 Å². The zero-order chi connectivity index (χ0) is 25.9. The van der Waals surface area contributed by atoms with E-state index >= 15 is 0 Å². The van der Waals surface area contributed by atoms with E-state index in [1.54, 1.807) is 6.20 Å². The van der Waals surface area contributed by atoms with E-state index in [1.807, 2.05) is 37.8 Å². The molecule has 4 heterocycles. The van der Waals surface area contributed by atoms with Crippen molar-refractivity contribution in [1.82, 2.24) is 20.1 Å². The van der Waals surface area contributed by atoms with E-state index in [2.05, 4.69) is 20.1 Å². The van der Waals surface area contributed by atoms with Gasteiger partial charge in [-0.3, -0.25) is 29.4 Å². The number of imide groups is 1. The number of likely N-dealkylation sites (tertiary alicyclic amines) is 1. The lowest BCUT2D eigenvalue weighted by Crippen LogP contribution is -2.51. The molecular formula is C26H37N5O5. The van der Waals surface area contributed by atoms with Crippen molar-refractivity contribution >= 4 is 29.5 Å². The molecule has 0 aromatic carbocycles. The van der Waals surface area contributed by atoms with Crippen molar-refractivity contribution < 1.29 is 23.9 Å². The fourth-order valence-corrected chi connectivity index (χ4v) is 4.98. The van der Waals surface area contributed by atoms with Gasteiger partial charge in [-0.25, -0.2) is 4.98 Å². The number of piperazine rings is 1. The Morgan fingerprint density at radius 3 is 2.31 bits per heavy atom. The summed E-state index contributed by atoms with van der Waals surface area (Å²) >= 11 is 0. The summed E-state index contributed by atoms with van der Waals surface area (Å²) < 4.78 is 5.50. The number of hydrogen-bond donors (Lipinski definition) is 1. The molecule has 1 unspecified atom stereocenters. The van der Waals surface area contributed by atoms with Crippen molar-refractivity contribution in [3.8, 4) is 0 Å². The standard InChI is InChI=1S/C26H37N5O5/c1-26(2,3)36-25(35)18-8-10-31(11-9-18)23(33)17-29-12-14-30(15-13-29)21-6-4-19(16-27-21)20-5-7-22(32)28-24(20)34/h4,6,16,18,20H,5,7-15,17H2,1-3H3,(H,28,32,34). The van der Waals surface area contributed by atoms with Crippen LogP contribution in [-0.4, -0.2) is 89.9 Å². The van der Waals surface area contributed by atoms with Gasteiger partial charge in [0.1, 0.15) is 11.4 Å². The first kappa shape index (κ1) is 26.1. The lowest BCUT2D eigenvalue weighted by molar-refractivity contribution is -0.162. The van der Waals surface area contributed by atoms with Crippen molar-refractivity contribution in [2.45, 2.75) is 58.0 Å². The summed E-state index contributed by atoms with van der Waals surface area (Å²) in [6.45, 7) is 10.2. The number of pyridine rings is 1. The second-order valence-corrected chi connectivity index (χ2v) is 10.9. The Labute approximate surface area is 212 Å². The molecule has 0 saturated carbocycles. The number of carbonyl (C=O) groups is 4. The van der Waals surface area contributed by atoms with Crippen molar-refractivity contribution in [3.05, 3.63) is 23.9 Å². The number of ether oxygens (including phenoxy) is 1. The Morgan fingerprint density at radius 1 is 1.03 bits per heavy atom. The second kappa shape index (κ2) is 10.9. The van der Waals surface area contributed by atoms with Crippen molar-refractivity contribution in [1.29, 1.82) is 0 Å². The van der Waals surface area contributed by atoms with E-state index in [9.17, 15) is 19.2 Å². The van der Waals surface area contributed by atoms with Crippen molar-refractivity contribution in [3.63, 3.8) is 0 Å². The number of carbonyl (C=O) groups excluding carboxylic acids is 4. The highest BCUT2D eigenvalue weighted by Gasteiger charge is 2.32. The third-order valence-electron chi connectivity index (χ3n) is 7.06. The summed E-state index contributed by atoms with van der Waals surface area (Å²) in [5, 5.41) is 2.39. The van der Waals surface area contributed by atoms with Crippen LogP contribution in [-0.2, 0) is 23.9 Å². The van der Waals surface area contributed by atoms with Gasteiger partial charge >= 0.3 is 5.97 Å². The van der Waals surface area contributed by atoms with Crippen LogP contribution in [0.25, 0.3) is 0 Å². The third kappa shape index (κ3) is 6.60. The predicted octanol–water partition coefficient (Wildman–Crippen LogP) is 1.30. The molecule has 3 fully saturated rings. The second-order valence-electron chi connectivity index (χ2n) is 10.9. The Balaban J connectivity index is 1.20. The molecule has 36 heavy (non-hydrogen) atoms. The average Bonchev–Trinajstić information content (AvgIpc) is 2.84. The van der Waals surface area contributed by atoms with Gasteiger partial charge in [-0.1, -0.05) is 6.07 Å². The normalized spacial score (nSPS) is 22.4. The summed E-state index contributed by atoms with van der Waals surface area (Å²) in [6.07, 6.45) is 3.88. The topological polar surface area (TPSA) is 112 Å². The van der Waals surface area contributed by atoms with Crippen LogP contribution in [0.15, 0.2) is 18.3 Å². The summed E-state index contributed by atoms with van der Waals surface area (Å²) in [5.41, 5.74) is 0.334. The number of piperidine rings is 2. The summed E-state index contributed by atoms with van der Waals surface area (Å²) in [5.74, 6) is -0.147. The van der Waals surface area contributed by atoms with Gasteiger partial charge in [0.05, 0.1) is 18.4 Å². The van der Waals surface area contributed by atoms with Crippen LogP contribution in [0.2, 0.25) is 0 Å². The monoisotopic (exact) mass is 499 g/mol. The van der Waals surface area contributed by atoms with E-state index in [1.165, 1.54) is 0 Å². The maximum absolute atomic E-state index is 12.8. The van der Waals surface area contributed by atoms with Crippen LogP contribution in [0.1, 0.15) is 57.9 Å². The number of aromatic nitrogens is 1. The van der Waals surface area contributed by atoms with Gasteiger partial charge in [-0.05, 0) is 51.7 Å². The molecule has 0 radical (unpaired) electrons. The first-order chi connectivity index (χ1) is 17.1.